The highest BCUT2D eigenvalue weighted by Crippen LogP contribution is 2.21. The van der Waals surface area contributed by atoms with Crippen molar-refractivity contribution in [2.45, 2.75) is 27.2 Å². The molecule has 0 aromatic heterocycles. The van der Waals surface area contributed by atoms with Crippen LogP contribution < -0.4 is 4.74 Å². The predicted octanol–water partition coefficient (Wildman–Crippen LogP) is 3.72. The van der Waals surface area contributed by atoms with E-state index in [0.717, 1.165) is 34.8 Å². The molecule has 0 heterocycles. The van der Waals surface area contributed by atoms with Gasteiger partial charge < -0.3 is 9.94 Å². The van der Waals surface area contributed by atoms with Crippen LogP contribution in [0.3, 0.4) is 0 Å². The fraction of sp³-hybridized carbons (Fsp3) is 0.500. The van der Waals surface area contributed by atoms with Gasteiger partial charge in [0.25, 0.3) is 0 Å². The number of nitrogens with zero attached hydrogens (tertiary/aromatic N) is 1. The van der Waals surface area contributed by atoms with E-state index in [9.17, 15) is 0 Å². The van der Waals surface area contributed by atoms with Crippen molar-refractivity contribution >= 4 is 17.5 Å². The molecule has 1 aromatic rings. The van der Waals surface area contributed by atoms with Gasteiger partial charge in [0.15, 0.2) is 0 Å². The minimum absolute atomic E-state index is 0.577. The van der Waals surface area contributed by atoms with Crippen LogP contribution in [0.5, 0.6) is 5.75 Å². The van der Waals surface area contributed by atoms with E-state index in [1.165, 1.54) is 0 Å². The number of rotatable bonds is 7. The molecule has 3 nitrogen and oxygen atoms in total. The van der Waals surface area contributed by atoms with E-state index in [-0.39, 0.29) is 0 Å². The molecule has 0 bridgehead atoms. The zero-order valence-corrected chi connectivity index (χ0v) is 12.1. The second-order valence-corrected chi connectivity index (χ2v) is 5.48. The van der Waals surface area contributed by atoms with Gasteiger partial charge in [-0.25, -0.2) is 0 Å². The Morgan fingerprint density at radius 3 is 2.89 bits per heavy atom. The third kappa shape index (κ3) is 4.61. The van der Waals surface area contributed by atoms with E-state index in [4.69, 9.17) is 9.94 Å². The van der Waals surface area contributed by atoms with Crippen molar-refractivity contribution in [3.05, 3.63) is 29.3 Å². The number of ether oxygens (including phenoxy) is 1. The van der Waals surface area contributed by atoms with E-state index in [1.54, 1.807) is 6.92 Å². The molecule has 0 atom stereocenters. The van der Waals surface area contributed by atoms with E-state index in [2.05, 4.69) is 12.1 Å². The first-order chi connectivity index (χ1) is 8.69. The van der Waals surface area contributed by atoms with Crippen LogP contribution in [-0.4, -0.2) is 29.0 Å². The molecule has 1 aromatic carbocycles. The van der Waals surface area contributed by atoms with Crippen LogP contribution in [0.15, 0.2) is 23.4 Å². The fourth-order valence-electron chi connectivity index (χ4n) is 1.59. The molecule has 18 heavy (non-hydrogen) atoms. The first kappa shape index (κ1) is 14.9. The van der Waals surface area contributed by atoms with Gasteiger partial charge >= 0.3 is 0 Å². The van der Waals surface area contributed by atoms with Crippen molar-refractivity contribution in [2.75, 3.05) is 18.1 Å². The third-order valence-electron chi connectivity index (χ3n) is 2.57. The standard InChI is InChI=1S/C14H21NO2S/c1-4-18-9-5-8-17-14-10-11(2)6-7-13(14)12(3)15-16/h6-7,10,16H,4-5,8-9H2,1-3H3/b15-12+. The number of hydrogen-bond acceptors (Lipinski definition) is 4. The lowest BCUT2D eigenvalue weighted by atomic mass is 10.1. The monoisotopic (exact) mass is 267 g/mol. The summed E-state index contributed by atoms with van der Waals surface area (Å²) in [6.45, 7) is 6.65. The van der Waals surface area contributed by atoms with Gasteiger partial charge in [0.2, 0.25) is 0 Å². The molecule has 1 rings (SSSR count). The Bertz CT molecular complexity index is 405. The van der Waals surface area contributed by atoms with Gasteiger partial charge in [-0.1, -0.05) is 18.1 Å². The van der Waals surface area contributed by atoms with Gasteiger partial charge in [-0.05, 0) is 49.5 Å². The second-order valence-electron chi connectivity index (χ2n) is 4.08. The maximum Gasteiger partial charge on any atom is 0.128 e. The summed E-state index contributed by atoms with van der Waals surface area (Å²) < 4.78 is 5.78. The Morgan fingerprint density at radius 2 is 2.22 bits per heavy atom. The number of oxime groups is 1. The Morgan fingerprint density at radius 1 is 1.44 bits per heavy atom. The minimum atomic E-state index is 0.577. The number of benzene rings is 1. The molecule has 0 saturated heterocycles. The van der Waals surface area contributed by atoms with Crippen LogP contribution in [0, 0.1) is 6.92 Å². The van der Waals surface area contributed by atoms with E-state index in [0.29, 0.717) is 12.3 Å². The van der Waals surface area contributed by atoms with Gasteiger partial charge in [-0.3, -0.25) is 0 Å². The van der Waals surface area contributed by atoms with Crippen LogP contribution in [0.1, 0.15) is 31.4 Å². The number of aryl methyl sites for hydroxylation is 1. The maximum absolute atomic E-state index is 8.85. The molecule has 0 aliphatic carbocycles. The van der Waals surface area contributed by atoms with Gasteiger partial charge in [-0.2, -0.15) is 11.8 Å². The Balaban J connectivity index is 2.65. The molecule has 0 spiro atoms. The summed E-state index contributed by atoms with van der Waals surface area (Å²) in [5.41, 5.74) is 2.57. The average Bonchev–Trinajstić information content (AvgIpc) is 2.38. The molecule has 0 aliphatic rings. The van der Waals surface area contributed by atoms with E-state index < -0.39 is 0 Å². The van der Waals surface area contributed by atoms with E-state index in [1.807, 2.05) is 36.9 Å². The van der Waals surface area contributed by atoms with E-state index >= 15 is 0 Å². The Labute approximate surface area is 113 Å². The number of thioether (sulfide) groups is 1. The summed E-state index contributed by atoms with van der Waals surface area (Å²) in [7, 11) is 0. The zero-order chi connectivity index (χ0) is 13.4. The summed E-state index contributed by atoms with van der Waals surface area (Å²) in [4.78, 5) is 0. The summed E-state index contributed by atoms with van der Waals surface area (Å²) >= 11 is 1.92. The highest BCUT2D eigenvalue weighted by Gasteiger charge is 2.07. The molecule has 0 radical (unpaired) electrons. The van der Waals surface area contributed by atoms with Crippen LogP contribution >= 0.6 is 11.8 Å². The Kier molecular flexibility index (Phi) is 6.65. The molecule has 0 amide bonds. The summed E-state index contributed by atoms with van der Waals surface area (Å²) in [5, 5.41) is 12.1. The quantitative estimate of drug-likeness (QED) is 0.354. The average molecular weight is 267 g/mol. The third-order valence-corrected chi connectivity index (χ3v) is 3.56. The lowest BCUT2D eigenvalue weighted by Gasteiger charge is -2.11. The molecule has 1 N–H and O–H groups in total. The minimum Gasteiger partial charge on any atom is -0.493 e. The van der Waals surface area contributed by atoms with Crippen LogP contribution in [0.2, 0.25) is 0 Å². The summed E-state index contributed by atoms with van der Waals surface area (Å²) in [6, 6.07) is 5.90. The zero-order valence-electron chi connectivity index (χ0n) is 11.3. The van der Waals surface area contributed by atoms with Crippen molar-refractivity contribution in [1.29, 1.82) is 0 Å². The largest absolute Gasteiger partial charge is 0.493 e. The maximum atomic E-state index is 8.85. The van der Waals surface area contributed by atoms with Gasteiger partial charge in [0.05, 0.1) is 12.3 Å². The second kappa shape index (κ2) is 8.03. The number of hydrogen-bond donors (Lipinski definition) is 1. The van der Waals surface area contributed by atoms with Crippen molar-refractivity contribution < 1.29 is 9.94 Å². The normalized spacial score (nSPS) is 11.6. The van der Waals surface area contributed by atoms with Crippen LogP contribution in [0.4, 0.5) is 0 Å². The predicted molar refractivity (Wildman–Crippen MR) is 78.3 cm³/mol. The van der Waals surface area contributed by atoms with Crippen molar-refractivity contribution in [3.8, 4) is 5.75 Å². The SMILES string of the molecule is CCSCCCOc1cc(C)ccc1/C(C)=N/O. The molecule has 100 valence electrons. The smallest absolute Gasteiger partial charge is 0.128 e. The molecule has 0 unspecified atom stereocenters. The highest BCUT2D eigenvalue weighted by atomic mass is 32.2. The van der Waals surface area contributed by atoms with Gasteiger partial charge in [0, 0.05) is 5.56 Å². The molecule has 0 fully saturated rings. The van der Waals surface area contributed by atoms with Gasteiger partial charge in [-0.15, -0.1) is 0 Å². The summed E-state index contributed by atoms with van der Waals surface area (Å²) in [6.07, 6.45) is 1.03. The van der Waals surface area contributed by atoms with Crippen LogP contribution in [-0.2, 0) is 0 Å². The van der Waals surface area contributed by atoms with Crippen molar-refractivity contribution in [2.24, 2.45) is 5.16 Å². The van der Waals surface area contributed by atoms with Crippen LogP contribution in [0.25, 0.3) is 0 Å². The van der Waals surface area contributed by atoms with Gasteiger partial charge in [0.1, 0.15) is 5.75 Å². The molecule has 4 heteroatoms. The first-order valence-corrected chi connectivity index (χ1v) is 7.34. The fourth-order valence-corrected chi connectivity index (χ4v) is 2.20. The van der Waals surface area contributed by atoms with Crippen molar-refractivity contribution in [1.82, 2.24) is 0 Å². The lowest BCUT2D eigenvalue weighted by molar-refractivity contribution is 0.312. The molecular weight excluding hydrogens is 246 g/mol. The molecular formula is C14H21NO2S. The topological polar surface area (TPSA) is 41.8 Å². The highest BCUT2D eigenvalue weighted by molar-refractivity contribution is 7.99. The molecule has 0 aliphatic heterocycles. The molecule has 0 saturated carbocycles. The summed E-state index contributed by atoms with van der Waals surface area (Å²) in [5.74, 6) is 3.06. The van der Waals surface area contributed by atoms with Crippen molar-refractivity contribution in [3.63, 3.8) is 0 Å². The Hall–Kier alpha value is -1.16. The first-order valence-electron chi connectivity index (χ1n) is 6.19. The lowest BCUT2D eigenvalue weighted by Crippen LogP contribution is -2.05.